The number of methoxy groups -OCH3 is 3. The third kappa shape index (κ3) is 4.49. The summed E-state index contributed by atoms with van der Waals surface area (Å²) in [7, 11) is 4.38. The van der Waals surface area contributed by atoms with Crippen molar-refractivity contribution in [2.75, 3.05) is 21.3 Å². The molecule has 8 heteroatoms. The van der Waals surface area contributed by atoms with E-state index in [4.69, 9.17) is 14.2 Å². The van der Waals surface area contributed by atoms with Crippen LogP contribution in [0.3, 0.4) is 0 Å². The molecular formula is C24H25N3O5. The molecule has 1 heterocycles. The summed E-state index contributed by atoms with van der Waals surface area (Å²) in [4.78, 5) is 24.7. The van der Waals surface area contributed by atoms with Gasteiger partial charge in [-0.05, 0) is 44.2 Å². The Kier molecular flexibility index (Phi) is 6.94. The molecule has 0 atom stereocenters. The highest BCUT2D eigenvalue weighted by Gasteiger charge is 2.17. The number of aromatic nitrogens is 1. The number of para-hydroxylation sites is 1. The van der Waals surface area contributed by atoms with Gasteiger partial charge in [-0.15, -0.1) is 0 Å². The van der Waals surface area contributed by atoms with E-state index in [-0.39, 0.29) is 0 Å². The second kappa shape index (κ2) is 9.82. The largest absolute Gasteiger partial charge is 0.497 e. The first-order valence-corrected chi connectivity index (χ1v) is 9.83. The highest BCUT2D eigenvalue weighted by Crippen LogP contribution is 2.25. The van der Waals surface area contributed by atoms with Crippen LogP contribution in [-0.2, 0) is 4.74 Å². The molecule has 3 rings (SSSR count). The zero-order valence-corrected chi connectivity index (χ0v) is 18.6. The van der Waals surface area contributed by atoms with E-state index in [0.717, 1.165) is 17.0 Å². The summed E-state index contributed by atoms with van der Waals surface area (Å²) >= 11 is 0. The maximum Gasteiger partial charge on any atom is 0.339 e. The molecule has 2 aromatic carbocycles. The molecule has 0 unspecified atom stereocenters. The highest BCUT2D eigenvalue weighted by molar-refractivity contribution is 5.98. The molecule has 0 radical (unpaired) electrons. The van der Waals surface area contributed by atoms with Crippen molar-refractivity contribution in [3.8, 4) is 17.2 Å². The predicted molar refractivity (Wildman–Crippen MR) is 121 cm³/mol. The Labute approximate surface area is 186 Å². The zero-order chi connectivity index (χ0) is 23.3. The smallest absolute Gasteiger partial charge is 0.339 e. The molecule has 0 spiro atoms. The van der Waals surface area contributed by atoms with Crippen molar-refractivity contribution in [2.24, 2.45) is 5.10 Å². The Bertz CT molecular complexity index is 1180. The summed E-state index contributed by atoms with van der Waals surface area (Å²) in [6.45, 7) is 3.84. The number of rotatable bonds is 7. The standard InChI is InChI=1S/C24H25N3O5/c1-15-12-17(16(2)27(15)21-9-7-6-8-19(21)24(29)32-5)14-25-26-23(28)20-11-10-18(30-3)13-22(20)31-4/h6-14H,1-5H3,(H,26,28). The normalized spacial score (nSPS) is 10.8. The van der Waals surface area contributed by atoms with Gasteiger partial charge < -0.3 is 18.8 Å². The number of aryl methyl sites for hydroxylation is 1. The third-order valence-corrected chi connectivity index (χ3v) is 5.04. The van der Waals surface area contributed by atoms with Crippen molar-refractivity contribution in [1.29, 1.82) is 0 Å². The molecule has 0 aliphatic rings. The van der Waals surface area contributed by atoms with Crippen LogP contribution in [0.25, 0.3) is 5.69 Å². The lowest BCUT2D eigenvalue weighted by atomic mass is 10.1. The van der Waals surface area contributed by atoms with E-state index >= 15 is 0 Å². The van der Waals surface area contributed by atoms with Gasteiger partial charge in [-0.3, -0.25) is 4.79 Å². The van der Waals surface area contributed by atoms with Gasteiger partial charge in [0, 0.05) is 23.0 Å². The molecule has 0 fully saturated rings. The van der Waals surface area contributed by atoms with Crippen LogP contribution in [0, 0.1) is 13.8 Å². The minimum atomic E-state index is -0.413. The summed E-state index contributed by atoms with van der Waals surface area (Å²) in [5, 5.41) is 4.10. The van der Waals surface area contributed by atoms with Crippen LogP contribution in [0.1, 0.15) is 37.7 Å². The third-order valence-electron chi connectivity index (χ3n) is 5.04. The minimum absolute atomic E-state index is 0.336. The lowest BCUT2D eigenvalue weighted by Crippen LogP contribution is -2.18. The highest BCUT2D eigenvalue weighted by atomic mass is 16.5. The van der Waals surface area contributed by atoms with Gasteiger partial charge in [-0.2, -0.15) is 5.10 Å². The van der Waals surface area contributed by atoms with Crippen molar-refractivity contribution in [1.82, 2.24) is 9.99 Å². The number of ether oxygens (including phenoxy) is 3. The number of benzene rings is 2. The van der Waals surface area contributed by atoms with Crippen LogP contribution in [0.4, 0.5) is 0 Å². The Hall–Kier alpha value is -4.07. The number of hydrogen-bond donors (Lipinski definition) is 1. The molecule has 0 saturated heterocycles. The molecule has 8 nitrogen and oxygen atoms in total. The average Bonchev–Trinajstić information content (AvgIpc) is 3.10. The summed E-state index contributed by atoms with van der Waals surface area (Å²) in [6.07, 6.45) is 1.56. The number of amides is 1. The van der Waals surface area contributed by atoms with Gasteiger partial charge in [-0.1, -0.05) is 12.1 Å². The maximum atomic E-state index is 12.5. The van der Waals surface area contributed by atoms with Crippen LogP contribution in [0.2, 0.25) is 0 Å². The van der Waals surface area contributed by atoms with E-state index < -0.39 is 11.9 Å². The molecule has 0 aliphatic heterocycles. The Balaban J connectivity index is 1.85. The number of nitrogens with one attached hydrogen (secondary N) is 1. The molecule has 1 aromatic heterocycles. The monoisotopic (exact) mass is 435 g/mol. The summed E-state index contributed by atoms with van der Waals surface area (Å²) in [5.74, 6) is 0.144. The van der Waals surface area contributed by atoms with Gasteiger partial charge in [0.1, 0.15) is 11.5 Å². The molecule has 166 valence electrons. The van der Waals surface area contributed by atoms with Crippen molar-refractivity contribution in [2.45, 2.75) is 13.8 Å². The topological polar surface area (TPSA) is 91.2 Å². The van der Waals surface area contributed by atoms with Crippen LogP contribution in [0.15, 0.2) is 53.6 Å². The SMILES string of the molecule is COC(=O)c1ccccc1-n1c(C)cc(C=NNC(=O)c2ccc(OC)cc2OC)c1C. The Morgan fingerprint density at radius 3 is 2.41 bits per heavy atom. The van der Waals surface area contributed by atoms with Gasteiger partial charge >= 0.3 is 5.97 Å². The molecule has 0 aliphatic carbocycles. The number of carbonyl (C=O) groups is 2. The van der Waals surface area contributed by atoms with Crippen LogP contribution >= 0.6 is 0 Å². The first-order valence-electron chi connectivity index (χ1n) is 9.83. The number of nitrogens with zero attached hydrogens (tertiary/aromatic N) is 2. The summed E-state index contributed by atoms with van der Waals surface area (Å²) < 4.78 is 17.3. The Morgan fingerprint density at radius 2 is 1.72 bits per heavy atom. The van der Waals surface area contributed by atoms with E-state index in [2.05, 4.69) is 10.5 Å². The molecule has 0 bridgehead atoms. The first kappa shape index (κ1) is 22.6. The predicted octanol–water partition coefficient (Wildman–Crippen LogP) is 3.66. The number of hydrogen-bond acceptors (Lipinski definition) is 6. The van der Waals surface area contributed by atoms with Crippen LogP contribution in [0.5, 0.6) is 11.5 Å². The Morgan fingerprint density at radius 1 is 0.969 bits per heavy atom. The van der Waals surface area contributed by atoms with E-state index in [1.165, 1.54) is 14.2 Å². The van der Waals surface area contributed by atoms with Gasteiger partial charge in [0.05, 0.1) is 44.4 Å². The van der Waals surface area contributed by atoms with Crippen molar-refractivity contribution >= 4 is 18.1 Å². The summed E-state index contributed by atoms with van der Waals surface area (Å²) in [6, 6.07) is 14.1. The fourth-order valence-electron chi connectivity index (χ4n) is 3.45. The van der Waals surface area contributed by atoms with E-state index in [0.29, 0.717) is 28.3 Å². The fraction of sp³-hybridized carbons (Fsp3) is 0.208. The van der Waals surface area contributed by atoms with Crippen molar-refractivity contribution in [3.63, 3.8) is 0 Å². The molecule has 0 saturated carbocycles. The van der Waals surface area contributed by atoms with E-state index in [1.54, 1.807) is 43.7 Å². The van der Waals surface area contributed by atoms with Crippen LogP contribution < -0.4 is 14.9 Å². The van der Waals surface area contributed by atoms with Gasteiger partial charge in [0.15, 0.2) is 0 Å². The second-order valence-electron chi connectivity index (χ2n) is 6.94. The molecule has 1 amide bonds. The zero-order valence-electron chi connectivity index (χ0n) is 18.6. The molecule has 32 heavy (non-hydrogen) atoms. The summed E-state index contributed by atoms with van der Waals surface area (Å²) in [5.41, 5.74) is 6.59. The maximum absolute atomic E-state index is 12.5. The van der Waals surface area contributed by atoms with Gasteiger partial charge in [0.25, 0.3) is 5.91 Å². The lowest BCUT2D eigenvalue weighted by Gasteiger charge is -2.13. The van der Waals surface area contributed by atoms with E-state index in [1.807, 2.05) is 36.6 Å². The number of hydrazone groups is 1. The molecule has 3 aromatic rings. The lowest BCUT2D eigenvalue weighted by molar-refractivity contribution is 0.0600. The number of carbonyl (C=O) groups excluding carboxylic acids is 2. The molecular weight excluding hydrogens is 410 g/mol. The second-order valence-corrected chi connectivity index (χ2v) is 6.94. The van der Waals surface area contributed by atoms with Crippen molar-refractivity contribution in [3.05, 3.63) is 76.6 Å². The van der Waals surface area contributed by atoms with Crippen molar-refractivity contribution < 1.29 is 23.8 Å². The van der Waals surface area contributed by atoms with Gasteiger partial charge in [-0.25, -0.2) is 10.2 Å². The fourth-order valence-corrected chi connectivity index (χ4v) is 3.45. The average molecular weight is 435 g/mol. The minimum Gasteiger partial charge on any atom is -0.497 e. The van der Waals surface area contributed by atoms with Crippen LogP contribution in [-0.4, -0.2) is 44.0 Å². The quantitative estimate of drug-likeness (QED) is 0.347. The molecule has 1 N–H and O–H groups in total. The van der Waals surface area contributed by atoms with Gasteiger partial charge in [0.2, 0.25) is 0 Å². The van der Waals surface area contributed by atoms with E-state index in [9.17, 15) is 9.59 Å². The number of esters is 1. The first-order chi connectivity index (χ1) is 15.4.